The number of carbonyl (C=O) groups excluding carboxylic acids is 1. The molecule has 0 unspecified atom stereocenters. The first kappa shape index (κ1) is 19.9. The van der Waals surface area contributed by atoms with E-state index < -0.39 is 0 Å². The molecule has 0 saturated heterocycles. The lowest BCUT2D eigenvalue weighted by Gasteiger charge is -2.30. The Morgan fingerprint density at radius 3 is 2.48 bits per heavy atom. The second kappa shape index (κ2) is 8.56. The van der Waals surface area contributed by atoms with Gasteiger partial charge in [-0.25, -0.2) is 4.39 Å². The molecular formula is C24H20Cl2FNO. The fourth-order valence-electron chi connectivity index (χ4n) is 3.79. The van der Waals surface area contributed by atoms with E-state index >= 15 is 0 Å². The lowest BCUT2D eigenvalue weighted by Crippen LogP contribution is -2.37. The van der Waals surface area contributed by atoms with E-state index in [2.05, 4.69) is 18.2 Å². The third kappa shape index (κ3) is 4.63. The minimum atomic E-state index is -0.233. The predicted molar refractivity (Wildman–Crippen MR) is 115 cm³/mol. The smallest absolute Gasteiger partial charge is 0.227 e. The van der Waals surface area contributed by atoms with E-state index in [0.29, 0.717) is 29.6 Å². The summed E-state index contributed by atoms with van der Waals surface area (Å²) < 4.78 is 13.2. The van der Waals surface area contributed by atoms with Gasteiger partial charge in [-0.2, -0.15) is 0 Å². The number of hydrogen-bond acceptors (Lipinski definition) is 1. The van der Waals surface area contributed by atoms with Gasteiger partial charge in [-0.05, 0) is 64.9 Å². The van der Waals surface area contributed by atoms with Crippen molar-refractivity contribution in [3.63, 3.8) is 0 Å². The number of nitrogens with zero attached hydrogens (tertiary/aromatic N) is 1. The van der Waals surface area contributed by atoms with Crippen LogP contribution in [0.4, 0.5) is 4.39 Å². The molecule has 0 bridgehead atoms. The van der Waals surface area contributed by atoms with E-state index in [1.165, 1.54) is 28.8 Å². The normalized spacial score (nSPS) is 13.3. The Morgan fingerprint density at radius 1 is 0.966 bits per heavy atom. The van der Waals surface area contributed by atoms with Crippen molar-refractivity contribution in [3.05, 3.63) is 104 Å². The van der Waals surface area contributed by atoms with Crippen LogP contribution >= 0.6 is 23.2 Å². The molecule has 3 aromatic carbocycles. The van der Waals surface area contributed by atoms with Gasteiger partial charge in [-0.15, -0.1) is 0 Å². The summed E-state index contributed by atoms with van der Waals surface area (Å²) in [5, 5.41) is 0.947. The van der Waals surface area contributed by atoms with Crippen molar-refractivity contribution in [3.8, 4) is 0 Å². The van der Waals surface area contributed by atoms with Crippen LogP contribution in [0, 0.1) is 5.82 Å². The molecule has 0 saturated carbocycles. The van der Waals surface area contributed by atoms with Crippen LogP contribution in [0.2, 0.25) is 10.0 Å². The number of fused-ring (bicyclic) bond motifs is 1. The summed E-state index contributed by atoms with van der Waals surface area (Å²) in [6.45, 7) is 1.29. The van der Waals surface area contributed by atoms with Crippen molar-refractivity contribution in [1.29, 1.82) is 0 Å². The third-order valence-electron chi connectivity index (χ3n) is 5.37. The first-order chi connectivity index (χ1) is 14.0. The summed E-state index contributed by atoms with van der Waals surface area (Å²) >= 11 is 12.0. The lowest BCUT2D eigenvalue weighted by molar-refractivity contribution is -0.131. The number of hydrogen-bond donors (Lipinski definition) is 0. The molecule has 0 spiro atoms. The summed E-state index contributed by atoms with van der Waals surface area (Å²) in [6, 6.07) is 18.2. The molecule has 3 aromatic rings. The van der Waals surface area contributed by atoms with E-state index in [9.17, 15) is 9.18 Å². The van der Waals surface area contributed by atoms with Gasteiger partial charge in [0.25, 0.3) is 0 Å². The molecule has 1 aliphatic rings. The molecule has 1 aliphatic heterocycles. The molecule has 2 nitrogen and oxygen atoms in total. The molecule has 0 radical (unpaired) electrons. The van der Waals surface area contributed by atoms with Crippen molar-refractivity contribution < 1.29 is 9.18 Å². The average Bonchev–Trinajstić information content (AvgIpc) is 2.72. The highest BCUT2D eigenvalue weighted by Gasteiger charge is 2.23. The monoisotopic (exact) mass is 427 g/mol. The fourth-order valence-corrected chi connectivity index (χ4v) is 4.11. The van der Waals surface area contributed by atoms with E-state index in [4.69, 9.17) is 23.2 Å². The van der Waals surface area contributed by atoms with Gasteiger partial charge in [-0.1, -0.05) is 59.6 Å². The summed E-state index contributed by atoms with van der Waals surface area (Å²) in [5.41, 5.74) is 5.57. The van der Waals surface area contributed by atoms with Gasteiger partial charge in [0.1, 0.15) is 5.82 Å². The molecule has 0 aromatic heterocycles. The molecule has 1 heterocycles. The molecular weight excluding hydrogens is 408 g/mol. The largest absolute Gasteiger partial charge is 0.338 e. The Labute approximate surface area is 179 Å². The second-order valence-electron chi connectivity index (χ2n) is 7.35. The summed E-state index contributed by atoms with van der Waals surface area (Å²) in [5.74, 6) is -0.159. The highest BCUT2D eigenvalue weighted by Crippen LogP contribution is 2.27. The highest BCUT2D eigenvalue weighted by molar-refractivity contribution is 6.42. The number of benzene rings is 3. The SMILES string of the molecule is O=C(Cc1ccc(Cl)c(Cl)c1)N1CCc2cccc(Cc3ccc(F)cc3)c2C1. The van der Waals surface area contributed by atoms with Crippen LogP contribution in [0.15, 0.2) is 60.7 Å². The van der Waals surface area contributed by atoms with Gasteiger partial charge < -0.3 is 4.90 Å². The average molecular weight is 428 g/mol. The number of rotatable bonds is 4. The summed E-state index contributed by atoms with van der Waals surface area (Å²) in [7, 11) is 0. The molecule has 148 valence electrons. The maximum atomic E-state index is 13.2. The highest BCUT2D eigenvalue weighted by atomic mass is 35.5. The van der Waals surface area contributed by atoms with E-state index in [1.54, 1.807) is 12.1 Å². The Kier molecular flexibility index (Phi) is 5.89. The topological polar surface area (TPSA) is 20.3 Å². The van der Waals surface area contributed by atoms with Crippen molar-refractivity contribution in [2.24, 2.45) is 0 Å². The molecule has 1 amide bonds. The minimum absolute atomic E-state index is 0.0747. The van der Waals surface area contributed by atoms with Gasteiger partial charge in [0.05, 0.1) is 16.5 Å². The van der Waals surface area contributed by atoms with Gasteiger partial charge >= 0.3 is 0 Å². The van der Waals surface area contributed by atoms with Gasteiger partial charge in [-0.3, -0.25) is 4.79 Å². The first-order valence-corrected chi connectivity index (χ1v) is 10.3. The number of halogens is 3. The predicted octanol–water partition coefficient (Wildman–Crippen LogP) is 5.85. The first-order valence-electron chi connectivity index (χ1n) is 9.55. The number of carbonyl (C=O) groups is 1. The zero-order chi connectivity index (χ0) is 20.4. The van der Waals surface area contributed by atoms with Gasteiger partial charge in [0.15, 0.2) is 0 Å². The van der Waals surface area contributed by atoms with E-state index in [1.807, 2.05) is 23.1 Å². The summed E-state index contributed by atoms with van der Waals surface area (Å²) in [6.07, 6.45) is 1.85. The van der Waals surface area contributed by atoms with E-state index in [0.717, 1.165) is 24.0 Å². The van der Waals surface area contributed by atoms with Crippen LogP contribution in [-0.2, 0) is 30.6 Å². The van der Waals surface area contributed by atoms with E-state index in [-0.39, 0.29) is 11.7 Å². The van der Waals surface area contributed by atoms with Crippen molar-refractivity contribution in [1.82, 2.24) is 4.90 Å². The summed E-state index contributed by atoms with van der Waals surface area (Å²) in [4.78, 5) is 14.8. The third-order valence-corrected chi connectivity index (χ3v) is 6.11. The van der Waals surface area contributed by atoms with Gasteiger partial charge in [0.2, 0.25) is 5.91 Å². The Hall–Kier alpha value is -2.36. The molecule has 4 rings (SSSR count). The molecule has 0 atom stereocenters. The Bertz CT molecular complexity index is 1050. The quantitative estimate of drug-likeness (QED) is 0.511. The van der Waals surface area contributed by atoms with Crippen molar-refractivity contribution in [2.75, 3.05) is 6.54 Å². The standard InChI is InChI=1S/C24H20Cl2FNO/c25-22-9-6-17(13-23(22)26)14-24(29)28-11-10-18-2-1-3-19(21(18)15-28)12-16-4-7-20(27)8-5-16/h1-9,13H,10-12,14-15H2. The number of amides is 1. The van der Waals surface area contributed by atoms with Crippen LogP contribution in [0.3, 0.4) is 0 Å². The van der Waals surface area contributed by atoms with Crippen LogP contribution in [0.5, 0.6) is 0 Å². The molecule has 0 aliphatic carbocycles. The minimum Gasteiger partial charge on any atom is -0.338 e. The molecule has 0 fully saturated rings. The van der Waals surface area contributed by atoms with Crippen LogP contribution in [0.1, 0.15) is 27.8 Å². The van der Waals surface area contributed by atoms with Crippen molar-refractivity contribution in [2.45, 2.75) is 25.8 Å². The zero-order valence-corrected chi connectivity index (χ0v) is 17.3. The van der Waals surface area contributed by atoms with Crippen molar-refractivity contribution >= 4 is 29.1 Å². The second-order valence-corrected chi connectivity index (χ2v) is 8.16. The maximum absolute atomic E-state index is 13.2. The van der Waals surface area contributed by atoms with Crippen LogP contribution < -0.4 is 0 Å². The molecule has 5 heteroatoms. The maximum Gasteiger partial charge on any atom is 0.227 e. The van der Waals surface area contributed by atoms with Crippen LogP contribution in [0.25, 0.3) is 0 Å². The van der Waals surface area contributed by atoms with Gasteiger partial charge in [0, 0.05) is 13.1 Å². The Balaban J connectivity index is 1.51. The lowest BCUT2D eigenvalue weighted by atomic mass is 9.91. The fraction of sp³-hybridized carbons (Fsp3) is 0.208. The Morgan fingerprint density at radius 2 is 1.72 bits per heavy atom. The van der Waals surface area contributed by atoms with Crippen LogP contribution in [-0.4, -0.2) is 17.4 Å². The molecule has 0 N–H and O–H groups in total. The zero-order valence-electron chi connectivity index (χ0n) is 15.8. The molecule has 29 heavy (non-hydrogen) atoms.